The quantitative estimate of drug-likeness (QED) is 0.219. The van der Waals surface area contributed by atoms with E-state index in [-0.39, 0.29) is 11.3 Å². The van der Waals surface area contributed by atoms with Crippen molar-refractivity contribution < 1.29 is 43.3 Å². The highest BCUT2D eigenvalue weighted by Crippen LogP contribution is 2.28. The van der Waals surface area contributed by atoms with Crippen molar-refractivity contribution in [3.05, 3.63) is 23.8 Å². The molecule has 1 fully saturated rings. The average molecular weight is 478 g/mol. The monoisotopic (exact) mass is 478 g/mol. The Morgan fingerprint density at radius 2 is 1.82 bits per heavy atom. The fraction of sp³-hybridized carbons (Fsp3) is 0.522. The van der Waals surface area contributed by atoms with E-state index in [1.165, 1.54) is 39.0 Å². The second kappa shape index (κ2) is 12.0. The van der Waals surface area contributed by atoms with Crippen molar-refractivity contribution in [3.63, 3.8) is 0 Å². The van der Waals surface area contributed by atoms with Crippen molar-refractivity contribution in [2.75, 3.05) is 5.32 Å². The van der Waals surface area contributed by atoms with Crippen LogP contribution in [0.3, 0.4) is 0 Å². The lowest BCUT2D eigenvalue weighted by Crippen LogP contribution is -2.50. The van der Waals surface area contributed by atoms with Crippen LogP contribution in [0.2, 0.25) is 0 Å². The summed E-state index contributed by atoms with van der Waals surface area (Å²) in [5.74, 6) is -4.45. The van der Waals surface area contributed by atoms with Crippen molar-refractivity contribution in [1.82, 2.24) is 5.32 Å². The van der Waals surface area contributed by atoms with Crippen LogP contribution in [0.15, 0.2) is 18.2 Å². The molecule has 0 radical (unpaired) electrons. The number of ether oxygens (including phenoxy) is 3. The highest BCUT2D eigenvalue weighted by molar-refractivity contribution is 6.01. The Morgan fingerprint density at radius 1 is 1.15 bits per heavy atom. The molecule has 1 aromatic carbocycles. The number of amides is 2. The third-order valence-corrected chi connectivity index (χ3v) is 5.44. The van der Waals surface area contributed by atoms with Gasteiger partial charge in [-0.3, -0.25) is 19.2 Å². The minimum absolute atomic E-state index is 0.00391. The predicted octanol–water partition coefficient (Wildman–Crippen LogP) is 1.67. The summed E-state index contributed by atoms with van der Waals surface area (Å²) in [5, 5.41) is 15.0. The lowest BCUT2D eigenvalue weighted by Gasteiger charge is -2.28. The summed E-state index contributed by atoms with van der Waals surface area (Å²) in [7, 11) is 0. The topological polar surface area (TPSA) is 157 Å². The minimum atomic E-state index is -1.41. The van der Waals surface area contributed by atoms with Crippen LogP contribution in [0.25, 0.3) is 0 Å². The van der Waals surface area contributed by atoms with Crippen molar-refractivity contribution >= 4 is 35.9 Å². The van der Waals surface area contributed by atoms with E-state index in [2.05, 4.69) is 10.6 Å². The molecular formula is C23H30N2O9. The Morgan fingerprint density at radius 3 is 2.44 bits per heavy atom. The molecule has 0 saturated carbocycles. The van der Waals surface area contributed by atoms with Gasteiger partial charge in [-0.15, -0.1) is 0 Å². The number of para-hydroxylation sites is 1. The van der Waals surface area contributed by atoms with Crippen molar-refractivity contribution in [1.29, 1.82) is 0 Å². The first-order valence-electron chi connectivity index (χ1n) is 11.0. The molecule has 0 aliphatic carbocycles. The molecule has 1 aromatic rings. The van der Waals surface area contributed by atoms with E-state index in [1.54, 1.807) is 0 Å². The second-order valence-corrected chi connectivity index (χ2v) is 8.02. The Balaban J connectivity index is 2.34. The van der Waals surface area contributed by atoms with Gasteiger partial charge in [0.25, 0.3) is 5.91 Å². The molecule has 2 rings (SSSR count). The molecule has 34 heavy (non-hydrogen) atoms. The van der Waals surface area contributed by atoms with Gasteiger partial charge in [-0.1, -0.05) is 25.8 Å². The van der Waals surface area contributed by atoms with Crippen molar-refractivity contribution in [2.45, 2.75) is 71.3 Å². The molecule has 1 aliphatic rings. The summed E-state index contributed by atoms with van der Waals surface area (Å²) in [6.07, 6.45) is -1.07. The van der Waals surface area contributed by atoms with E-state index >= 15 is 0 Å². The average Bonchev–Trinajstić information content (AvgIpc) is 2.79. The predicted molar refractivity (Wildman–Crippen MR) is 119 cm³/mol. The van der Waals surface area contributed by atoms with E-state index in [0.29, 0.717) is 19.3 Å². The molecule has 1 heterocycles. The van der Waals surface area contributed by atoms with E-state index in [1.807, 2.05) is 6.92 Å². The molecule has 0 bridgehead atoms. The molecule has 186 valence electrons. The van der Waals surface area contributed by atoms with Gasteiger partial charge >= 0.3 is 17.9 Å². The van der Waals surface area contributed by atoms with Crippen LogP contribution in [0.1, 0.15) is 57.3 Å². The van der Waals surface area contributed by atoms with E-state index in [4.69, 9.17) is 14.2 Å². The number of hydrogen-bond acceptors (Lipinski definition) is 9. The summed E-state index contributed by atoms with van der Waals surface area (Å²) in [6, 6.07) is 2.68. The number of aromatic hydroxyl groups is 1. The molecule has 3 N–H and O–H groups in total. The van der Waals surface area contributed by atoms with Gasteiger partial charge in [0, 0.05) is 6.92 Å². The highest BCUT2D eigenvalue weighted by Gasteiger charge is 2.43. The summed E-state index contributed by atoms with van der Waals surface area (Å²) in [4.78, 5) is 61.1. The second-order valence-electron chi connectivity index (χ2n) is 8.02. The zero-order valence-electron chi connectivity index (χ0n) is 19.5. The molecule has 1 aliphatic heterocycles. The van der Waals surface area contributed by atoms with Gasteiger partial charge in [-0.2, -0.15) is 0 Å². The Kier molecular flexibility index (Phi) is 9.40. The van der Waals surface area contributed by atoms with Crippen LogP contribution in [0.5, 0.6) is 5.75 Å². The zero-order valence-corrected chi connectivity index (χ0v) is 19.5. The van der Waals surface area contributed by atoms with Crippen LogP contribution in [-0.2, 0) is 33.4 Å². The maximum absolute atomic E-state index is 13.0. The number of carbonyl (C=O) groups is 5. The molecule has 0 aromatic heterocycles. The van der Waals surface area contributed by atoms with Gasteiger partial charge in [0.2, 0.25) is 6.41 Å². The smallest absolute Gasteiger partial charge is 0.332 e. The van der Waals surface area contributed by atoms with Gasteiger partial charge < -0.3 is 30.0 Å². The summed E-state index contributed by atoms with van der Waals surface area (Å²) in [6.45, 7) is 6.04. The Labute approximate surface area is 197 Å². The molecule has 0 unspecified atom stereocenters. The van der Waals surface area contributed by atoms with Gasteiger partial charge in [0.05, 0.1) is 17.2 Å². The number of carbonyl (C=O) groups excluding carboxylic acids is 5. The number of phenolic OH excluding ortho intramolecular Hbond substituents is 1. The van der Waals surface area contributed by atoms with E-state index < -0.39 is 59.8 Å². The SMILES string of the molecule is CCCC[C@H]1C(=O)O[C@H](C)[C@H](NC(=O)c2cccc(NC=O)c2O)C(=O)O[C@@H](C)[C@@H]1OC(C)=O. The van der Waals surface area contributed by atoms with Gasteiger partial charge in [0.15, 0.2) is 17.9 Å². The normalized spacial score (nSPS) is 25.0. The Bertz CT molecular complexity index is 933. The largest absolute Gasteiger partial charge is 0.505 e. The number of hydrogen-bond donors (Lipinski definition) is 3. The summed E-state index contributed by atoms with van der Waals surface area (Å²) in [5.41, 5.74) is -0.222. The molecule has 1 saturated heterocycles. The number of nitrogens with one attached hydrogen (secondary N) is 2. The number of anilines is 1. The van der Waals surface area contributed by atoms with Gasteiger partial charge in [0.1, 0.15) is 12.2 Å². The molecule has 11 heteroatoms. The number of rotatable bonds is 8. The fourth-order valence-corrected chi connectivity index (χ4v) is 3.69. The first-order chi connectivity index (χ1) is 16.1. The third-order valence-electron chi connectivity index (χ3n) is 5.44. The zero-order chi connectivity index (χ0) is 25.4. The molecule has 11 nitrogen and oxygen atoms in total. The number of unbranched alkanes of at least 4 members (excludes halogenated alkanes) is 1. The van der Waals surface area contributed by atoms with Crippen molar-refractivity contribution in [3.8, 4) is 5.75 Å². The Hall–Kier alpha value is -3.63. The first-order valence-corrected chi connectivity index (χ1v) is 11.0. The lowest BCUT2D eigenvalue weighted by atomic mass is 9.92. The number of esters is 3. The summed E-state index contributed by atoms with van der Waals surface area (Å²) < 4.78 is 16.3. The molecule has 0 spiro atoms. The van der Waals surface area contributed by atoms with Crippen LogP contribution < -0.4 is 10.6 Å². The van der Waals surface area contributed by atoms with E-state index in [0.717, 1.165) is 6.42 Å². The summed E-state index contributed by atoms with van der Waals surface area (Å²) >= 11 is 0. The van der Waals surface area contributed by atoms with Crippen LogP contribution in [-0.4, -0.2) is 59.7 Å². The van der Waals surface area contributed by atoms with Crippen molar-refractivity contribution in [2.24, 2.45) is 5.92 Å². The number of benzene rings is 1. The third kappa shape index (κ3) is 6.46. The van der Waals surface area contributed by atoms with Crippen LogP contribution >= 0.6 is 0 Å². The standard InChI is InChI=1S/C23H30N2O9/c1-5-6-8-16-20(34-14(4)27)13(3)33-23(31)18(12(2)32-22(16)30)25-21(29)15-9-7-10-17(19(15)28)24-11-26/h7,9-13,16,18,20,28H,5-6,8H2,1-4H3,(H,24,26)(H,25,29)/t12-,13+,16-,18+,20+/m1/s1. The number of cyclic esters (lactones) is 2. The van der Waals surface area contributed by atoms with Crippen LogP contribution in [0.4, 0.5) is 5.69 Å². The highest BCUT2D eigenvalue weighted by atomic mass is 16.6. The van der Waals surface area contributed by atoms with Crippen LogP contribution in [0, 0.1) is 5.92 Å². The minimum Gasteiger partial charge on any atom is -0.505 e. The first kappa shape index (κ1) is 26.6. The fourth-order valence-electron chi connectivity index (χ4n) is 3.69. The van der Waals surface area contributed by atoms with E-state index in [9.17, 15) is 29.1 Å². The van der Waals surface area contributed by atoms with Gasteiger partial charge in [-0.05, 0) is 32.4 Å². The maximum Gasteiger partial charge on any atom is 0.332 e. The van der Waals surface area contributed by atoms with Gasteiger partial charge in [-0.25, -0.2) is 4.79 Å². The lowest BCUT2D eigenvalue weighted by molar-refractivity contribution is -0.173. The molecular weight excluding hydrogens is 448 g/mol. The molecule has 2 amide bonds. The molecule has 5 atom stereocenters. The maximum atomic E-state index is 13.0. The number of phenols is 1.